The van der Waals surface area contributed by atoms with E-state index in [-0.39, 0.29) is 29.7 Å². The standard InChI is InChI=1S/C37H46N4O3S/c1-37(2,3)40-36(44)33-22-30(45-25-27-12-9-18-38-23-27)17-19-41(33)24-35(43)29(20-26-10-5-4-6-11-26)21-34(42)32-16-15-28-13-7-8-14-31(28)39-32/h4-16,18,23,29-30,33,35-36,40,43-44H,17,19-22,24-25H2,1-3H3. The second-order valence-corrected chi connectivity index (χ2v) is 14.5. The Morgan fingerprint density at radius 1 is 1.00 bits per heavy atom. The van der Waals surface area contributed by atoms with E-state index in [4.69, 9.17) is 0 Å². The van der Waals surface area contributed by atoms with Crippen molar-refractivity contribution in [1.82, 2.24) is 20.2 Å². The molecule has 0 aliphatic carbocycles. The number of para-hydroxylation sites is 1. The zero-order valence-electron chi connectivity index (χ0n) is 26.5. The number of carbonyl (C=O) groups is 1. The number of hydrogen-bond donors (Lipinski definition) is 3. The van der Waals surface area contributed by atoms with Crippen molar-refractivity contribution in [3.63, 3.8) is 0 Å². The summed E-state index contributed by atoms with van der Waals surface area (Å²) < 4.78 is 0. The van der Waals surface area contributed by atoms with Crippen molar-refractivity contribution >= 4 is 28.4 Å². The first kappa shape index (κ1) is 33.2. The number of ketones is 1. The fraction of sp³-hybridized carbons (Fsp3) is 0.432. The first-order valence-electron chi connectivity index (χ1n) is 16.0. The number of fused-ring (bicyclic) bond motifs is 1. The lowest BCUT2D eigenvalue weighted by molar-refractivity contribution is -0.0322. The Labute approximate surface area is 271 Å². The molecule has 2 aromatic heterocycles. The number of rotatable bonds is 13. The van der Waals surface area contributed by atoms with Crippen LogP contribution in [0.5, 0.6) is 0 Å². The van der Waals surface area contributed by atoms with Gasteiger partial charge in [-0.3, -0.25) is 20.0 Å². The smallest absolute Gasteiger partial charge is 0.181 e. The van der Waals surface area contributed by atoms with E-state index in [0.717, 1.165) is 41.6 Å². The van der Waals surface area contributed by atoms with Crippen LogP contribution in [0.25, 0.3) is 10.9 Å². The van der Waals surface area contributed by atoms with Gasteiger partial charge in [-0.25, -0.2) is 4.98 Å². The van der Waals surface area contributed by atoms with Crippen LogP contribution in [0.1, 0.15) is 61.6 Å². The van der Waals surface area contributed by atoms with Gasteiger partial charge in [0.05, 0.1) is 17.7 Å². The molecule has 0 amide bonds. The lowest BCUT2D eigenvalue weighted by Crippen LogP contribution is -2.59. The van der Waals surface area contributed by atoms with Crippen LogP contribution < -0.4 is 5.32 Å². The van der Waals surface area contributed by atoms with Gasteiger partial charge in [-0.15, -0.1) is 0 Å². The Kier molecular flexibility index (Phi) is 11.4. The van der Waals surface area contributed by atoms with Crippen molar-refractivity contribution in [2.24, 2.45) is 5.92 Å². The molecule has 0 bridgehead atoms. The molecule has 3 N–H and O–H groups in total. The van der Waals surface area contributed by atoms with E-state index in [9.17, 15) is 15.0 Å². The van der Waals surface area contributed by atoms with Gasteiger partial charge < -0.3 is 10.2 Å². The molecule has 1 aliphatic heterocycles. The number of nitrogens with one attached hydrogen (secondary N) is 1. The maximum absolute atomic E-state index is 13.6. The summed E-state index contributed by atoms with van der Waals surface area (Å²) in [6.45, 7) is 7.29. The van der Waals surface area contributed by atoms with Crippen LogP contribution >= 0.6 is 11.8 Å². The zero-order chi connectivity index (χ0) is 31.8. The highest BCUT2D eigenvalue weighted by Crippen LogP contribution is 2.32. The molecule has 4 aromatic rings. The van der Waals surface area contributed by atoms with Gasteiger partial charge in [-0.2, -0.15) is 11.8 Å². The van der Waals surface area contributed by atoms with Crippen LogP contribution in [-0.2, 0) is 12.2 Å². The second-order valence-electron chi connectivity index (χ2n) is 13.3. The number of piperidine rings is 1. The lowest BCUT2D eigenvalue weighted by atomic mass is 9.87. The first-order chi connectivity index (χ1) is 21.6. The molecule has 5 atom stereocenters. The average Bonchev–Trinajstić information content (AvgIpc) is 3.03. The Morgan fingerprint density at radius 3 is 2.51 bits per heavy atom. The largest absolute Gasteiger partial charge is 0.391 e. The molecular weight excluding hydrogens is 580 g/mol. The van der Waals surface area contributed by atoms with Gasteiger partial charge in [0, 0.05) is 47.3 Å². The van der Waals surface area contributed by atoms with Gasteiger partial charge in [0.25, 0.3) is 0 Å². The molecule has 1 saturated heterocycles. The van der Waals surface area contributed by atoms with E-state index in [1.807, 2.05) is 84.7 Å². The van der Waals surface area contributed by atoms with Crippen molar-refractivity contribution in [3.8, 4) is 0 Å². The van der Waals surface area contributed by atoms with E-state index >= 15 is 0 Å². The van der Waals surface area contributed by atoms with Gasteiger partial charge in [-0.05, 0) is 81.8 Å². The maximum atomic E-state index is 13.6. The highest BCUT2D eigenvalue weighted by atomic mass is 32.2. The van der Waals surface area contributed by atoms with Crippen molar-refractivity contribution in [2.45, 2.75) is 81.4 Å². The minimum atomic E-state index is -0.765. The quantitative estimate of drug-likeness (QED) is 0.125. The Balaban J connectivity index is 1.31. The molecule has 8 heteroatoms. The number of nitrogens with zero attached hydrogens (tertiary/aromatic N) is 3. The third kappa shape index (κ3) is 9.67. The molecular formula is C37H46N4O3S. The van der Waals surface area contributed by atoms with Gasteiger partial charge in [0.2, 0.25) is 0 Å². The van der Waals surface area contributed by atoms with E-state index in [2.05, 4.69) is 47.0 Å². The number of benzene rings is 2. The third-order valence-corrected chi connectivity index (χ3v) is 9.90. The van der Waals surface area contributed by atoms with E-state index in [1.165, 1.54) is 5.56 Å². The summed E-state index contributed by atoms with van der Waals surface area (Å²) in [5.74, 6) is 0.497. The molecule has 45 heavy (non-hydrogen) atoms. The summed E-state index contributed by atoms with van der Waals surface area (Å²) >= 11 is 1.91. The molecule has 5 rings (SSSR count). The zero-order valence-corrected chi connectivity index (χ0v) is 27.4. The number of Topliss-reactive ketones (excluding diaryl/α,β-unsaturated/α-hetero) is 1. The molecule has 0 saturated carbocycles. The minimum Gasteiger partial charge on any atom is -0.391 e. The van der Waals surface area contributed by atoms with Crippen molar-refractivity contribution in [2.75, 3.05) is 13.1 Å². The van der Waals surface area contributed by atoms with E-state index in [1.54, 1.807) is 12.3 Å². The van der Waals surface area contributed by atoms with Crippen LogP contribution in [-0.4, -0.2) is 73.1 Å². The normalized spacial score (nSPS) is 19.7. The molecule has 5 unspecified atom stereocenters. The second kappa shape index (κ2) is 15.4. The number of carbonyl (C=O) groups excluding carboxylic acids is 1. The molecule has 2 aromatic carbocycles. The number of pyridine rings is 2. The molecule has 0 radical (unpaired) electrons. The monoisotopic (exact) mass is 626 g/mol. The fourth-order valence-corrected chi connectivity index (χ4v) is 7.37. The predicted molar refractivity (Wildman–Crippen MR) is 183 cm³/mol. The van der Waals surface area contributed by atoms with E-state index < -0.39 is 12.3 Å². The number of likely N-dealkylation sites (tertiary alicyclic amines) is 1. The summed E-state index contributed by atoms with van der Waals surface area (Å²) in [7, 11) is 0. The lowest BCUT2D eigenvalue weighted by Gasteiger charge is -2.44. The van der Waals surface area contributed by atoms with Crippen LogP contribution in [0.15, 0.2) is 91.3 Å². The van der Waals surface area contributed by atoms with E-state index in [0.29, 0.717) is 23.9 Å². The van der Waals surface area contributed by atoms with Crippen LogP contribution in [0, 0.1) is 5.92 Å². The summed E-state index contributed by atoms with van der Waals surface area (Å²) in [6.07, 6.45) is 4.70. The molecule has 3 heterocycles. The summed E-state index contributed by atoms with van der Waals surface area (Å²) in [4.78, 5) is 24.7. The molecule has 0 spiro atoms. The summed E-state index contributed by atoms with van der Waals surface area (Å²) in [6, 6.07) is 25.4. The Hall–Kier alpha value is -3.14. The van der Waals surface area contributed by atoms with Gasteiger partial charge in [0.15, 0.2) is 5.78 Å². The summed E-state index contributed by atoms with van der Waals surface area (Å²) in [5, 5.41) is 28.0. The Bertz CT molecular complexity index is 1510. The maximum Gasteiger partial charge on any atom is 0.181 e. The fourth-order valence-electron chi connectivity index (χ4n) is 6.17. The number of hydrogen-bond acceptors (Lipinski definition) is 8. The molecule has 1 aliphatic rings. The van der Waals surface area contributed by atoms with Gasteiger partial charge >= 0.3 is 0 Å². The SMILES string of the molecule is CC(C)(C)NC(O)C1CC(SCc2cccnc2)CCN1CC(O)C(CC(=O)c1ccc2ccccc2n1)Cc1ccccc1. The van der Waals surface area contributed by atoms with Crippen LogP contribution in [0.4, 0.5) is 0 Å². The molecule has 1 fully saturated rings. The summed E-state index contributed by atoms with van der Waals surface area (Å²) in [5.41, 5.74) is 3.22. The first-order valence-corrected chi connectivity index (χ1v) is 17.0. The van der Waals surface area contributed by atoms with Gasteiger partial charge in [-0.1, -0.05) is 60.7 Å². The Morgan fingerprint density at radius 2 is 1.76 bits per heavy atom. The molecule has 238 valence electrons. The number of thioether (sulfide) groups is 1. The minimum absolute atomic E-state index is 0.0720. The van der Waals surface area contributed by atoms with Crippen LogP contribution in [0.2, 0.25) is 0 Å². The van der Waals surface area contributed by atoms with Crippen molar-refractivity contribution in [3.05, 3.63) is 108 Å². The number of aromatic nitrogens is 2. The predicted octanol–water partition coefficient (Wildman–Crippen LogP) is 5.90. The highest BCUT2D eigenvalue weighted by Gasteiger charge is 2.37. The number of aliphatic hydroxyl groups excluding tert-OH is 2. The highest BCUT2D eigenvalue weighted by molar-refractivity contribution is 7.99. The molecule has 7 nitrogen and oxygen atoms in total. The average molecular weight is 627 g/mol. The van der Waals surface area contributed by atoms with Crippen molar-refractivity contribution in [1.29, 1.82) is 0 Å². The van der Waals surface area contributed by atoms with Gasteiger partial charge in [0.1, 0.15) is 11.9 Å². The topological polar surface area (TPSA) is 98.6 Å². The number of β-amino-alcohol motifs (C(OH)–C–C–N with tert-alkyl or cyclic N) is 1. The van der Waals surface area contributed by atoms with Crippen molar-refractivity contribution < 1.29 is 15.0 Å². The van der Waals surface area contributed by atoms with Crippen LogP contribution in [0.3, 0.4) is 0 Å². The third-order valence-electron chi connectivity index (χ3n) is 8.50. The number of aliphatic hydroxyl groups is 2.